The average molecular weight is 353 g/mol. The minimum absolute atomic E-state index is 0.0898. The maximum atomic E-state index is 12.2. The van der Waals surface area contributed by atoms with Crippen LogP contribution in [0.4, 0.5) is 10.6 Å². The van der Waals surface area contributed by atoms with Gasteiger partial charge in [0.2, 0.25) is 0 Å². The fourth-order valence-electron chi connectivity index (χ4n) is 3.21. The van der Waals surface area contributed by atoms with Gasteiger partial charge in [0, 0.05) is 38.6 Å². The highest BCUT2D eigenvalue weighted by Crippen LogP contribution is 2.09. The Labute approximate surface area is 155 Å². The van der Waals surface area contributed by atoms with E-state index in [0.717, 1.165) is 39.1 Å². The topological polar surface area (TPSA) is 61.4 Å². The highest BCUT2D eigenvalue weighted by atomic mass is 16.2. The summed E-state index contributed by atoms with van der Waals surface area (Å²) in [5.41, 5.74) is 1.43. The maximum absolute atomic E-state index is 12.2. The highest BCUT2D eigenvalue weighted by molar-refractivity contribution is 5.88. The molecule has 1 aliphatic heterocycles. The SMILES string of the molecule is O=C(Nc1cnccn1)N1CCN(CCCCCc2ccccc2)CC1. The van der Waals surface area contributed by atoms with Crippen LogP contribution in [0, 0.1) is 0 Å². The number of aryl methyl sites for hydroxylation is 1. The summed E-state index contributed by atoms with van der Waals surface area (Å²) in [4.78, 5) is 24.6. The quantitative estimate of drug-likeness (QED) is 0.777. The number of aromatic nitrogens is 2. The molecule has 2 amide bonds. The lowest BCUT2D eigenvalue weighted by molar-refractivity contribution is 0.145. The number of hydrogen-bond acceptors (Lipinski definition) is 4. The summed E-state index contributed by atoms with van der Waals surface area (Å²) in [6.45, 7) is 4.51. The van der Waals surface area contributed by atoms with Gasteiger partial charge >= 0.3 is 6.03 Å². The van der Waals surface area contributed by atoms with Crippen LogP contribution < -0.4 is 5.32 Å². The van der Waals surface area contributed by atoms with E-state index < -0.39 is 0 Å². The zero-order valence-corrected chi connectivity index (χ0v) is 15.2. The Morgan fingerprint density at radius 2 is 1.81 bits per heavy atom. The zero-order chi connectivity index (χ0) is 18.0. The van der Waals surface area contributed by atoms with E-state index in [1.165, 1.54) is 24.8 Å². The van der Waals surface area contributed by atoms with Crippen LogP contribution in [0.25, 0.3) is 0 Å². The van der Waals surface area contributed by atoms with Crippen molar-refractivity contribution in [2.45, 2.75) is 25.7 Å². The first kappa shape index (κ1) is 18.3. The molecule has 1 fully saturated rings. The molecule has 138 valence electrons. The molecule has 1 N–H and O–H groups in total. The highest BCUT2D eigenvalue weighted by Gasteiger charge is 2.20. The molecule has 1 aromatic carbocycles. The van der Waals surface area contributed by atoms with Crippen molar-refractivity contribution in [3.63, 3.8) is 0 Å². The van der Waals surface area contributed by atoms with Gasteiger partial charge in [-0.3, -0.25) is 15.2 Å². The normalized spacial score (nSPS) is 15.0. The first-order chi connectivity index (χ1) is 12.8. The van der Waals surface area contributed by atoms with Crippen molar-refractivity contribution in [2.75, 3.05) is 38.0 Å². The van der Waals surface area contributed by atoms with Crippen LogP contribution in [0.15, 0.2) is 48.9 Å². The summed E-state index contributed by atoms with van der Waals surface area (Å²) in [5.74, 6) is 0.498. The molecule has 0 unspecified atom stereocenters. The minimum atomic E-state index is -0.0898. The van der Waals surface area contributed by atoms with Gasteiger partial charge in [0.1, 0.15) is 0 Å². The Morgan fingerprint density at radius 1 is 1.00 bits per heavy atom. The number of nitrogens with one attached hydrogen (secondary N) is 1. The summed E-state index contributed by atoms with van der Waals surface area (Å²) in [6, 6.07) is 10.6. The minimum Gasteiger partial charge on any atom is -0.322 e. The smallest absolute Gasteiger partial charge is 0.322 e. The number of urea groups is 1. The number of hydrogen-bond donors (Lipinski definition) is 1. The standard InChI is InChI=1S/C20H27N5O/c26-20(23-19-17-21-10-11-22-19)25-15-13-24(14-16-25)12-6-2-5-9-18-7-3-1-4-8-18/h1,3-4,7-8,10-11,17H,2,5-6,9,12-16H2,(H,22,23,26). The summed E-state index contributed by atoms with van der Waals surface area (Å²) in [7, 11) is 0. The second kappa shape index (κ2) is 9.87. The molecule has 0 spiro atoms. The molecule has 3 rings (SSSR count). The Morgan fingerprint density at radius 3 is 2.54 bits per heavy atom. The zero-order valence-electron chi connectivity index (χ0n) is 15.2. The molecular formula is C20H27N5O. The Kier molecular flexibility index (Phi) is 6.96. The molecule has 0 atom stereocenters. The van der Waals surface area contributed by atoms with E-state index in [2.05, 4.69) is 50.5 Å². The maximum Gasteiger partial charge on any atom is 0.323 e. The monoisotopic (exact) mass is 353 g/mol. The molecule has 1 aliphatic rings. The van der Waals surface area contributed by atoms with Crippen LogP contribution in [0.2, 0.25) is 0 Å². The van der Waals surface area contributed by atoms with Crippen LogP contribution >= 0.6 is 0 Å². The van der Waals surface area contributed by atoms with E-state index in [1.54, 1.807) is 18.6 Å². The molecule has 1 aromatic heterocycles. The van der Waals surface area contributed by atoms with Gasteiger partial charge in [0.15, 0.2) is 5.82 Å². The van der Waals surface area contributed by atoms with Gasteiger partial charge in [-0.15, -0.1) is 0 Å². The lowest BCUT2D eigenvalue weighted by atomic mass is 10.1. The van der Waals surface area contributed by atoms with Crippen LogP contribution in [0.3, 0.4) is 0 Å². The summed E-state index contributed by atoms with van der Waals surface area (Å²) < 4.78 is 0. The number of carbonyl (C=O) groups excluding carboxylic acids is 1. The number of unbranched alkanes of at least 4 members (excludes halogenated alkanes) is 2. The van der Waals surface area contributed by atoms with Gasteiger partial charge in [0.25, 0.3) is 0 Å². The van der Waals surface area contributed by atoms with Crippen molar-refractivity contribution < 1.29 is 4.79 Å². The first-order valence-corrected chi connectivity index (χ1v) is 9.39. The van der Waals surface area contributed by atoms with Crippen LogP contribution in [-0.2, 0) is 6.42 Å². The number of carbonyl (C=O) groups is 1. The lowest BCUT2D eigenvalue weighted by Crippen LogP contribution is -2.50. The van der Waals surface area contributed by atoms with E-state index in [0.29, 0.717) is 5.82 Å². The van der Waals surface area contributed by atoms with Gasteiger partial charge < -0.3 is 4.90 Å². The third kappa shape index (κ3) is 5.81. The molecule has 0 bridgehead atoms. The summed E-state index contributed by atoms with van der Waals surface area (Å²) in [5, 5.41) is 2.80. The van der Waals surface area contributed by atoms with Crippen LogP contribution in [0.1, 0.15) is 24.8 Å². The largest absolute Gasteiger partial charge is 0.323 e. The Balaban J connectivity index is 1.28. The molecule has 0 radical (unpaired) electrons. The molecule has 26 heavy (non-hydrogen) atoms. The van der Waals surface area contributed by atoms with E-state index in [4.69, 9.17) is 0 Å². The van der Waals surface area contributed by atoms with Crippen molar-refractivity contribution in [1.29, 1.82) is 0 Å². The number of amides is 2. The van der Waals surface area contributed by atoms with Gasteiger partial charge in [-0.25, -0.2) is 9.78 Å². The third-order valence-corrected chi connectivity index (χ3v) is 4.74. The van der Waals surface area contributed by atoms with Crippen molar-refractivity contribution in [3.05, 3.63) is 54.5 Å². The van der Waals surface area contributed by atoms with Gasteiger partial charge in [0.05, 0.1) is 6.20 Å². The van der Waals surface area contributed by atoms with Gasteiger partial charge in [-0.2, -0.15) is 0 Å². The van der Waals surface area contributed by atoms with E-state index >= 15 is 0 Å². The van der Waals surface area contributed by atoms with E-state index in [1.807, 2.05) is 4.90 Å². The molecule has 2 heterocycles. The molecular weight excluding hydrogens is 326 g/mol. The van der Waals surface area contributed by atoms with Gasteiger partial charge in [-0.1, -0.05) is 36.8 Å². The van der Waals surface area contributed by atoms with Crippen molar-refractivity contribution >= 4 is 11.8 Å². The molecule has 0 aliphatic carbocycles. The molecule has 2 aromatic rings. The first-order valence-electron chi connectivity index (χ1n) is 9.39. The molecule has 6 heteroatoms. The van der Waals surface area contributed by atoms with Crippen molar-refractivity contribution in [3.8, 4) is 0 Å². The van der Waals surface area contributed by atoms with Crippen LogP contribution in [-0.4, -0.2) is 58.5 Å². The second-order valence-corrected chi connectivity index (χ2v) is 6.65. The molecule has 0 saturated carbocycles. The Hall–Kier alpha value is -2.47. The van der Waals surface area contributed by atoms with Gasteiger partial charge in [-0.05, 0) is 31.4 Å². The Bertz CT molecular complexity index is 656. The predicted molar refractivity (Wildman–Crippen MR) is 103 cm³/mol. The van der Waals surface area contributed by atoms with E-state index in [9.17, 15) is 4.79 Å². The predicted octanol–water partition coefficient (Wildman–Crippen LogP) is 3.04. The third-order valence-electron chi connectivity index (χ3n) is 4.74. The van der Waals surface area contributed by atoms with Crippen LogP contribution in [0.5, 0.6) is 0 Å². The molecule has 6 nitrogen and oxygen atoms in total. The summed E-state index contributed by atoms with van der Waals surface area (Å²) in [6.07, 6.45) is 9.60. The number of benzene rings is 1. The number of nitrogens with zero attached hydrogens (tertiary/aromatic N) is 4. The summed E-state index contributed by atoms with van der Waals surface area (Å²) >= 11 is 0. The van der Waals surface area contributed by atoms with Crippen molar-refractivity contribution in [2.24, 2.45) is 0 Å². The number of piperazine rings is 1. The lowest BCUT2D eigenvalue weighted by Gasteiger charge is -2.34. The fraction of sp³-hybridized carbons (Fsp3) is 0.450. The fourth-order valence-corrected chi connectivity index (χ4v) is 3.21. The van der Waals surface area contributed by atoms with Crippen molar-refractivity contribution in [1.82, 2.24) is 19.8 Å². The molecule has 1 saturated heterocycles. The second-order valence-electron chi connectivity index (χ2n) is 6.65. The number of rotatable bonds is 7. The number of anilines is 1. The average Bonchev–Trinajstić information content (AvgIpc) is 2.70. The van der Waals surface area contributed by atoms with E-state index in [-0.39, 0.29) is 6.03 Å².